The molecule has 1 aromatic rings. The molecular formula is C14H24N4. The molecule has 0 aliphatic heterocycles. The Labute approximate surface area is 110 Å². The average Bonchev–Trinajstić information content (AvgIpc) is 2.78. The molecule has 0 bridgehead atoms. The van der Waals surface area contributed by atoms with Gasteiger partial charge in [0.25, 0.3) is 0 Å². The molecule has 0 saturated heterocycles. The van der Waals surface area contributed by atoms with Crippen molar-refractivity contribution in [1.82, 2.24) is 15.1 Å². The maximum Gasteiger partial charge on any atom is 0.123 e. The van der Waals surface area contributed by atoms with Crippen molar-refractivity contribution in [3.05, 3.63) is 17.5 Å². The molecule has 1 N–H and O–H groups in total. The van der Waals surface area contributed by atoms with E-state index >= 15 is 0 Å². The van der Waals surface area contributed by atoms with Crippen molar-refractivity contribution in [3.63, 3.8) is 0 Å². The van der Waals surface area contributed by atoms with Gasteiger partial charge >= 0.3 is 0 Å². The third-order valence-corrected chi connectivity index (χ3v) is 3.12. The third kappa shape index (κ3) is 3.58. The molecule has 0 aliphatic carbocycles. The lowest BCUT2D eigenvalue weighted by molar-refractivity contribution is 0.364. The summed E-state index contributed by atoms with van der Waals surface area (Å²) in [4.78, 5) is 0. The Morgan fingerprint density at radius 1 is 1.39 bits per heavy atom. The van der Waals surface area contributed by atoms with Gasteiger partial charge < -0.3 is 0 Å². The number of nitrogens with one attached hydrogen (secondary N) is 1. The summed E-state index contributed by atoms with van der Waals surface area (Å²) >= 11 is 0. The van der Waals surface area contributed by atoms with Crippen molar-refractivity contribution < 1.29 is 0 Å². The van der Waals surface area contributed by atoms with Crippen LogP contribution in [0, 0.1) is 11.3 Å². The average molecular weight is 248 g/mol. The zero-order valence-electron chi connectivity index (χ0n) is 12.0. The van der Waals surface area contributed by atoms with Crippen LogP contribution in [-0.4, -0.2) is 21.9 Å². The predicted octanol–water partition coefficient (Wildman–Crippen LogP) is 2.29. The van der Waals surface area contributed by atoms with Gasteiger partial charge in [0.1, 0.15) is 5.54 Å². The van der Waals surface area contributed by atoms with Crippen molar-refractivity contribution in [2.24, 2.45) is 0 Å². The van der Waals surface area contributed by atoms with Gasteiger partial charge in [-0.15, -0.1) is 0 Å². The summed E-state index contributed by atoms with van der Waals surface area (Å²) in [5.74, 6) is 0. The maximum absolute atomic E-state index is 9.35. The first-order valence-corrected chi connectivity index (χ1v) is 6.80. The van der Waals surface area contributed by atoms with Gasteiger partial charge in [0.15, 0.2) is 0 Å². The summed E-state index contributed by atoms with van der Waals surface area (Å²) < 4.78 is 1.98. The van der Waals surface area contributed by atoms with Crippen molar-refractivity contribution in [3.8, 4) is 6.07 Å². The topological polar surface area (TPSA) is 53.6 Å². The molecule has 4 nitrogen and oxygen atoms in total. The highest BCUT2D eigenvalue weighted by atomic mass is 15.3. The highest BCUT2D eigenvalue weighted by Crippen LogP contribution is 2.12. The van der Waals surface area contributed by atoms with E-state index in [4.69, 9.17) is 0 Å². The van der Waals surface area contributed by atoms with Gasteiger partial charge in [-0.05, 0) is 38.8 Å². The lowest BCUT2D eigenvalue weighted by atomic mass is 10.0. The summed E-state index contributed by atoms with van der Waals surface area (Å²) in [6.07, 6.45) is 2.91. The third-order valence-electron chi connectivity index (χ3n) is 3.12. The van der Waals surface area contributed by atoms with Crippen LogP contribution in [-0.2, 0) is 19.4 Å². The summed E-state index contributed by atoms with van der Waals surface area (Å²) in [5.41, 5.74) is 1.76. The minimum Gasteiger partial charge on any atom is -0.298 e. The molecule has 0 aromatic carbocycles. The van der Waals surface area contributed by atoms with E-state index in [1.807, 2.05) is 11.6 Å². The molecule has 0 radical (unpaired) electrons. The first-order chi connectivity index (χ1) is 8.58. The Morgan fingerprint density at radius 2 is 2.11 bits per heavy atom. The van der Waals surface area contributed by atoms with E-state index in [0.717, 1.165) is 31.5 Å². The van der Waals surface area contributed by atoms with Crippen molar-refractivity contribution in [2.75, 3.05) is 6.54 Å². The zero-order valence-corrected chi connectivity index (χ0v) is 12.0. The highest BCUT2D eigenvalue weighted by Gasteiger charge is 2.25. The number of hydrogen-bond acceptors (Lipinski definition) is 3. The number of hydrogen-bond donors (Lipinski definition) is 1. The van der Waals surface area contributed by atoms with Gasteiger partial charge in [-0.1, -0.05) is 20.8 Å². The minimum atomic E-state index is -0.545. The standard InChI is InChI=1S/C14H24N4/c1-5-8-16-14(4,10-15)11-18-13(7-3)9-12(6-2)17-18/h9,16H,5-8,11H2,1-4H3. The molecule has 0 amide bonds. The van der Waals surface area contributed by atoms with Crippen LogP contribution < -0.4 is 5.32 Å². The molecule has 1 atom stereocenters. The molecule has 0 saturated carbocycles. The van der Waals surface area contributed by atoms with E-state index in [9.17, 15) is 5.26 Å². The normalized spacial score (nSPS) is 14.2. The minimum absolute atomic E-state index is 0.545. The summed E-state index contributed by atoms with van der Waals surface area (Å²) in [5, 5.41) is 17.2. The number of rotatable bonds is 7. The second-order valence-electron chi connectivity index (χ2n) is 4.86. The van der Waals surface area contributed by atoms with Gasteiger partial charge in [0, 0.05) is 5.69 Å². The highest BCUT2D eigenvalue weighted by molar-refractivity contribution is 5.13. The molecule has 0 spiro atoms. The second kappa shape index (κ2) is 6.55. The van der Waals surface area contributed by atoms with Crippen LogP contribution in [0.3, 0.4) is 0 Å². The number of nitriles is 1. The molecule has 100 valence electrons. The summed E-state index contributed by atoms with van der Waals surface area (Å²) in [6, 6.07) is 4.50. The number of aromatic nitrogens is 2. The largest absolute Gasteiger partial charge is 0.298 e. The Morgan fingerprint density at radius 3 is 2.61 bits per heavy atom. The van der Waals surface area contributed by atoms with Crippen LogP contribution >= 0.6 is 0 Å². The molecule has 0 aliphatic rings. The van der Waals surface area contributed by atoms with E-state index in [-0.39, 0.29) is 0 Å². The molecule has 1 aromatic heterocycles. The molecule has 18 heavy (non-hydrogen) atoms. The second-order valence-corrected chi connectivity index (χ2v) is 4.86. The van der Waals surface area contributed by atoms with Crippen LogP contribution in [0.25, 0.3) is 0 Å². The van der Waals surface area contributed by atoms with Gasteiger partial charge in [0.2, 0.25) is 0 Å². The summed E-state index contributed by atoms with van der Waals surface area (Å²) in [7, 11) is 0. The van der Waals surface area contributed by atoms with Crippen LogP contribution in [0.4, 0.5) is 0 Å². The fourth-order valence-electron chi connectivity index (χ4n) is 1.94. The number of nitrogens with zero attached hydrogens (tertiary/aromatic N) is 3. The predicted molar refractivity (Wildman–Crippen MR) is 73.3 cm³/mol. The van der Waals surface area contributed by atoms with E-state index in [1.165, 1.54) is 5.69 Å². The summed E-state index contributed by atoms with van der Waals surface area (Å²) in [6.45, 7) is 9.72. The Hall–Kier alpha value is -1.34. The van der Waals surface area contributed by atoms with Crippen LogP contribution in [0.2, 0.25) is 0 Å². The smallest absolute Gasteiger partial charge is 0.123 e. The first kappa shape index (κ1) is 14.7. The molecule has 4 heteroatoms. The molecule has 1 unspecified atom stereocenters. The van der Waals surface area contributed by atoms with E-state index in [1.54, 1.807) is 0 Å². The van der Waals surface area contributed by atoms with E-state index < -0.39 is 5.54 Å². The zero-order chi connectivity index (χ0) is 13.6. The molecule has 1 heterocycles. The van der Waals surface area contributed by atoms with Gasteiger partial charge in [-0.3, -0.25) is 10.00 Å². The molecular weight excluding hydrogens is 224 g/mol. The van der Waals surface area contributed by atoms with Crippen molar-refractivity contribution in [1.29, 1.82) is 5.26 Å². The van der Waals surface area contributed by atoms with E-state index in [0.29, 0.717) is 6.54 Å². The Balaban J connectivity index is 2.87. The molecule has 0 fully saturated rings. The fourth-order valence-corrected chi connectivity index (χ4v) is 1.94. The SMILES string of the molecule is CCCNC(C)(C#N)Cn1nc(CC)cc1CC. The fraction of sp³-hybridized carbons (Fsp3) is 0.714. The van der Waals surface area contributed by atoms with Crippen molar-refractivity contribution >= 4 is 0 Å². The number of aryl methyl sites for hydroxylation is 2. The van der Waals surface area contributed by atoms with Crippen molar-refractivity contribution in [2.45, 2.75) is 59.0 Å². The maximum atomic E-state index is 9.35. The van der Waals surface area contributed by atoms with Gasteiger partial charge in [-0.25, -0.2) is 0 Å². The lowest BCUT2D eigenvalue weighted by Gasteiger charge is -2.24. The quantitative estimate of drug-likeness (QED) is 0.805. The van der Waals surface area contributed by atoms with Crippen LogP contribution in [0.5, 0.6) is 0 Å². The van der Waals surface area contributed by atoms with Crippen LogP contribution in [0.1, 0.15) is 45.5 Å². The lowest BCUT2D eigenvalue weighted by Crippen LogP contribution is -2.45. The van der Waals surface area contributed by atoms with Crippen LogP contribution in [0.15, 0.2) is 6.07 Å². The Bertz CT molecular complexity index is 416. The monoisotopic (exact) mass is 248 g/mol. The van der Waals surface area contributed by atoms with Gasteiger partial charge in [-0.2, -0.15) is 10.4 Å². The van der Waals surface area contributed by atoms with Gasteiger partial charge in [0.05, 0.1) is 18.3 Å². The molecule has 1 rings (SSSR count). The Kier molecular flexibility index (Phi) is 5.36. The van der Waals surface area contributed by atoms with E-state index in [2.05, 4.69) is 43.3 Å². The first-order valence-electron chi connectivity index (χ1n) is 6.80.